The normalized spacial score (nSPS) is 11.9. The van der Waals surface area contributed by atoms with Crippen molar-refractivity contribution in [2.75, 3.05) is 0 Å². The highest BCUT2D eigenvalue weighted by Crippen LogP contribution is 2.30. The zero-order chi connectivity index (χ0) is 19.1. The van der Waals surface area contributed by atoms with E-state index in [1.54, 1.807) is 6.07 Å². The second-order valence-electron chi connectivity index (χ2n) is 7.56. The molecule has 0 unspecified atom stereocenters. The van der Waals surface area contributed by atoms with Crippen LogP contribution in [0.5, 0.6) is 0 Å². The number of ketones is 1. The summed E-state index contributed by atoms with van der Waals surface area (Å²) in [7, 11) is 0. The van der Waals surface area contributed by atoms with Crippen LogP contribution in [-0.2, 0) is 11.3 Å². The van der Waals surface area contributed by atoms with Crippen LogP contribution in [0.15, 0.2) is 40.9 Å². The highest BCUT2D eigenvalue weighted by atomic mass is 79.9. The van der Waals surface area contributed by atoms with Crippen LogP contribution in [0.25, 0.3) is 22.4 Å². The Labute approximate surface area is 165 Å². The Bertz CT molecular complexity index is 991. The molecule has 0 amide bonds. The van der Waals surface area contributed by atoms with Gasteiger partial charge < -0.3 is 4.57 Å². The van der Waals surface area contributed by atoms with E-state index >= 15 is 0 Å². The standard InChI is InChI=1S/C20H19BrClFN2O/c1-20(2,3)10-14(26)11-25-18-7-5-13(21)9-17(18)24-19(25)12-4-6-16(23)15(22)8-12/h4-9H,10-11H2,1-3H3. The Morgan fingerprint density at radius 2 is 1.96 bits per heavy atom. The van der Waals surface area contributed by atoms with E-state index in [0.29, 0.717) is 17.8 Å². The van der Waals surface area contributed by atoms with Crippen molar-refractivity contribution in [1.29, 1.82) is 0 Å². The van der Waals surface area contributed by atoms with Crippen molar-refractivity contribution in [2.24, 2.45) is 5.41 Å². The van der Waals surface area contributed by atoms with Crippen molar-refractivity contribution < 1.29 is 9.18 Å². The minimum atomic E-state index is -0.482. The molecule has 136 valence electrons. The smallest absolute Gasteiger partial charge is 0.153 e. The maximum atomic E-state index is 13.5. The van der Waals surface area contributed by atoms with Crippen LogP contribution < -0.4 is 0 Å². The number of rotatable bonds is 4. The first kappa shape index (κ1) is 19.1. The molecule has 0 saturated heterocycles. The molecular weight excluding hydrogens is 419 g/mol. The second-order valence-corrected chi connectivity index (χ2v) is 8.88. The minimum absolute atomic E-state index is 0.0308. The molecule has 0 aliphatic rings. The fourth-order valence-corrected chi connectivity index (χ4v) is 3.47. The number of Topliss-reactive ketones (excluding diaryl/α,β-unsaturated/α-hetero) is 1. The minimum Gasteiger partial charge on any atom is -0.316 e. The number of carbonyl (C=O) groups excluding carboxylic acids is 1. The molecule has 6 heteroatoms. The number of hydrogen-bond donors (Lipinski definition) is 0. The number of carbonyl (C=O) groups is 1. The molecule has 1 aromatic heterocycles. The number of imidazole rings is 1. The topological polar surface area (TPSA) is 34.9 Å². The average Bonchev–Trinajstić information content (AvgIpc) is 2.85. The summed E-state index contributed by atoms with van der Waals surface area (Å²) in [4.78, 5) is 17.3. The Kier molecular flexibility index (Phi) is 5.22. The SMILES string of the molecule is CC(C)(C)CC(=O)Cn1c(-c2ccc(F)c(Cl)c2)nc2cc(Br)ccc21. The van der Waals surface area contributed by atoms with Gasteiger partial charge in [-0.1, -0.05) is 48.3 Å². The second kappa shape index (κ2) is 7.12. The number of hydrogen-bond acceptors (Lipinski definition) is 2. The first-order chi connectivity index (χ1) is 12.1. The van der Waals surface area contributed by atoms with Crippen molar-refractivity contribution >= 4 is 44.3 Å². The van der Waals surface area contributed by atoms with Gasteiger partial charge in [0.05, 0.1) is 22.6 Å². The molecule has 0 spiro atoms. The van der Waals surface area contributed by atoms with Gasteiger partial charge in [0.15, 0.2) is 5.78 Å². The molecule has 0 fully saturated rings. The lowest BCUT2D eigenvalue weighted by Crippen LogP contribution is -2.18. The molecule has 26 heavy (non-hydrogen) atoms. The summed E-state index contributed by atoms with van der Waals surface area (Å²) >= 11 is 9.39. The van der Waals surface area contributed by atoms with E-state index in [1.807, 2.05) is 43.5 Å². The molecule has 0 aliphatic carbocycles. The van der Waals surface area contributed by atoms with Gasteiger partial charge >= 0.3 is 0 Å². The van der Waals surface area contributed by atoms with Crippen molar-refractivity contribution in [3.05, 3.63) is 51.7 Å². The lowest BCUT2D eigenvalue weighted by Gasteiger charge is -2.17. The quantitative estimate of drug-likeness (QED) is 0.482. The van der Waals surface area contributed by atoms with Gasteiger partial charge in [-0.15, -0.1) is 0 Å². The van der Waals surface area contributed by atoms with Gasteiger partial charge in [-0.25, -0.2) is 9.37 Å². The third kappa shape index (κ3) is 4.15. The summed E-state index contributed by atoms with van der Waals surface area (Å²) in [5, 5.41) is 0.0308. The van der Waals surface area contributed by atoms with Crippen LogP contribution in [0.1, 0.15) is 27.2 Å². The molecule has 2 aromatic carbocycles. The summed E-state index contributed by atoms with van der Waals surface area (Å²) in [5.41, 5.74) is 2.20. The van der Waals surface area contributed by atoms with Crippen molar-refractivity contribution in [1.82, 2.24) is 9.55 Å². The molecule has 0 atom stereocenters. The van der Waals surface area contributed by atoms with Crippen LogP contribution >= 0.6 is 27.5 Å². The van der Waals surface area contributed by atoms with Gasteiger partial charge in [-0.2, -0.15) is 0 Å². The molecule has 0 N–H and O–H groups in total. The molecule has 0 radical (unpaired) electrons. The highest BCUT2D eigenvalue weighted by Gasteiger charge is 2.20. The van der Waals surface area contributed by atoms with Crippen LogP contribution in [-0.4, -0.2) is 15.3 Å². The van der Waals surface area contributed by atoms with Crippen molar-refractivity contribution in [3.8, 4) is 11.4 Å². The number of aromatic nitrogens is 2. The highest BCUT2D eigenvalue weighted by molar-refractivity contribution is 9.10. The van der Waals surface area contributed by atoms with E-state index in [9.17, 15) is 9.18 Å². The van der Waals surface area contributed by atoms with Crippen molar-refractivity contribution in [2.45, 2.75) is 33.7 Å². The first-order valence-electron chi connectivity index (χ1n) is 8.27. The zero-order valence-electron chi connectivity index (χ0n) is 14.8. The molecule has 3 nitrogen and oxygen atoms in total. The fraction of sp³-hybridized carbons (Fsp3) is 0.300. The van der Waals surface area contributed by atoms with E-state index in [-0.39, 0.29) is 22.8 Å². The lowest BCUT2D eigenvalue weighted by atomic mass is 9.90. The number of nitrogens with zero attached hydrogens (tertiary/aromatic N) is 2. The van der Waals surface area contributed by atoms with Crippen LogP contribution in [0.4, 0.5) is 4.39 Å². The molecule has 3 aromatic rings. The van der Waals surface area contributed by atoms with Gasteiger partial charge in [0, 0.05) is 16.5 Å². The van der Waals surface area contributed by atoms with E-state index in [1.165, 1.54) is 12.1 Å². The molecule has 0 saturated carbocycles. The summed E-state index contributed by atoms with van der Waals surface area (Å²) in [5.74, 6) is 0.237. The Hall–Kier alpha value is -1.72. The number of benzene rings is 2. The number of fused-ring (bicyclic) bond motifs is 1. The van der Waals surface area contributed by atoms with Gasteiger partial charge in [-0.3, -0.25) is 4.79 Å². The largest absolute Gasteiger partial charge is 0.316 e. The van der Waals surface area contributed by atoms with Gasteiger partial charge in [0.2, 0.25) is 0 Å². The van der Waals surface area contributed by atoms with Gasteiger partial charge in [-0.05, 0) is 41.8 Å². The predicted octanol–water partition coefficient (Wildman–Crippen LogP) is 6.26. The molecule has 0 aliphatic heterocycles. The summed E-state index contributed by atoms with van der Waals surface area (Å²) in [6.45, 7) is 6.32. The van der Waals surface area contributed by atoms with E-state index in [0.717, 1.165) is 15.5 Å². The molecular formula is C20H19BrClFN2O. The lowest BCUT2D eigenvalue weighted by molar-refractivity contribution is -0.121. The van der Waals surface area contributed by atoms with Gasteiger partial charge in [0.25, 0.3) is 0 Å². The third-order valence-electron chi connectivity index (χ3n) is 3.95. The van der Waals surface area contributed by atoms with E-state index in [4.69, 9.17) is 11.6 Å². The average molecular weight is 438 g/mol. The summed E-state index contributed by atoms with van der Waals surface area (Å²) < 4.78 is 16.3. The van der Waals surface area contributed by atoms with E-state index in [2.05, 4.69) is 20.9 Å². The summed E-state index contributed by atoms with van der Waals surface area (Å²) in [6.07, 6.45) is 0.465. The van der Waals surface area contributed by atoms with Gasteiger partial charge in [0.1, 0.15) is 11.6 Å². The van der Waals surface area contributed by atoms with Crippen molar-refractivity contribution in [3.63, 3.8) is 0 Å². The number of halogens is 3. The first-order valence-corrected chi connectivity index (χ1v) is 9.44. The zero-order valence-corrected chi connectivity index (χ0v) is 17.2. The van der Waals surface area contributed by atoms with Crippen LogP contribution in [0.3, 0.4) is 0 Å². The molecule has 0 bridgehead atoms. The van der Waals surface area contributed by atoms with E-state index < -0.39 is 5.82 Å². The summed E-state index contributed by atoms with van der Waals surface area (Å²) in [6, 6.07) is 10.2. The van der Waals surface area contributed by atoms with Crippen LogP contribution in [0.2, 0.25) is 5.02 Å². The monoisotopic (exact) mass is 436 g/mol. The Balaban J connectivity index is 2.12. The Morgan fingerprint density at radius 3 is 2.62 bits per heavy atom. The maximum Gasteiger partial charge on any atom is 0.153 e. The molecule has 3 rings (SSSR count). The Morgan fingerprint density at radius 1 is 1.23 bits per heavy atom. The predicted molar refractivity (Wildman–Crippen MR) is 107 cm³/mol. The fourth-order valence-electron chi connectivity index (χ4n) is 2.94. The third-order valence-corrected chi connectivity index (χ3v) is 4.73. The maximum absolute atomic E-state index is 13.5. The molecule has 1 heterocycles. The van der Waals surface area contributed by atoms with Crippen LogP contribution in [0, 0.1) is 11.2 Å².